The van der Waals surface area contributed by atoms with Crippen molar-refractivity contribution in [1.82, 2.24) is 35.4 Å². The molecule has 0 aliphatic carbocycles. The van der Waals surface area contributed by atoms with Crippen molar-refractivity contribution >= 4 is 18.1 Å². The smallest absolute Gasteiger partial charge is 0.261 e. The number of hydrazone groups is 1. The molecule has 2 aromatic rings. The van der Waals surface area contributed by atoms with Gasteiger partial charge in [-0.1, -0.05) is 5.10 Å². The van der Waals surface area contributed by atoms with E-state index < -0.39 is 0 Å². The number of anilines is 1. The van der Waals surface area contributed by atoms with Crippen LogP contribution in [0.25, 0.3) is 0 Å². The number of nitrogens with zero attached hydrogens (tertiary/aromatic N) is 7. The predicted molar refractivity (Wildman–Crippen MR) is 65.9 cm³/mol. The van der Waals surface area contributed by atoms with Crippen LogP contribution in [0, 0.1) is 6.92 Å². The second kappa shape index (κ2) is 5.25. The second-order valence-corrected chi connectivity index (χ2v) is 3.83. The van der Waals surface area contributed by atoms with Crippen molar-refractivity contribution in [3.63, 3.8) is 0 Å². The minimum absolute atomic E-state index is 0.0715. The Balaban J connectivity index is 1.90. The van der Waals surface area contributed by atoms with Gasteiger partial charge in [0.2, 0.25) is 5.95 Å². The maximum Gasteiger partial charge on any atom is 0.261 e. The molecule has 0 spiro atoms. The molecule has 0 aromatic carbocycles. The van der Waals surface area contributed by atoms with Crippen LogP contribution in [0.4, 0.5) is 5.95 Å². The molecule has 1 amide bonds. The zero-order valence-corrected chi connectivity index (χ0v) is 10.5. The molecule has 0 saturated carbocycles. The molecule has 3 N–H and O–H groups in total. The minimum Gasteiger partial charge on any atom is -0.367 e. The van der Waals surface area contributed by atoms with Gasteiger partial charge >= 0.3 is 0 Å². The van der Waals surface area contributed by atoms with Gasteiger partial charge in [0.25, 0.3) is 5.91 Å². The van der Waals surface area contributed by atoms with Crippen LogP contribution in [0.3, 0.4) is 0 Å². The van der Waals surface area contributed by atoms with Gasteiger partial charge in [-0.15, -0.1) is 0 Å². The third-order valence-corrected chi connectivity index (χ3v) is 2.30. The van der Waals surface area contributed by atoms with Crippen LogP contribution < -0.4 is 11.2 Å². The highest BCUT2D eigenvalue weighted by molar-refractivity contribution is 5.83. The van der Waals surface area contributed by atoms with Crippen molar-refractivity contribution in [3.8, 4) is 0 Å². The number of carbonyl (C=O) groups is 1. The predicted octanol–water partition coefficient (Wildman–Crippen LogP) is -1.55. The highest BCUT2D eigenvalue weighted by Gasteiger charge is 2.06. The molecule has 0 unspecified atom stereocenters. The summed E-state index contributed by atoms with van der Waals surface area (Å²) in [6, 6.07) is 0. The molecule has 10 heteroatoms. The first-order valence-corrected chi connectivity index (χ1v) is 5.40. The van der Waals surface area contributed by atoms with Gasteiger partial charge in [-0.3, -0.25) is 9.48 Å². The number of rotatable bonds is 4. The van der Waals surface area contributed by atoms with Crippen molar-refractivity contribution < 1.29 is 4.79 Å². The summed E-state index contributed by atoms with van der Waals surface area (Å²) in [5, 5.41) is 18.3. The third kappa shape index (κ3) is 3.12. The molecule has 10 nitrogen and oxygen atoms in total. The molecule has 0 fully saturated rings. The van der Waals surface area contributed by atoms with Crippen LogP contribution in [0.5, 0.6) is 0 Å². The van der Waals surface area contributed by atoms with Crippen molar-refractivity contribution in [1.29, 1.82) is 0 Å². The van der Waals surface area contributed by atoms with Crippen LogP contribution in [-0.2, 0) is 18.4 Å². The Morgan fingerprint density at radius 3 is 3.00 bits per heavy atom. The van der Waals surface area contributed by atoms with E-state index in [2.05, 4.69) is 31.2 Å². The first-order chi connectivity index (χ1) is 9.06. The maximum absolute atomic E-state index is 11.5. The second-order valence-electron chi connectivity index (χ2n) is 3.83. The Labute approximate surface area is 108 Å². The molecular weight excluding hydrogens is 250 g/mol. The Hall–Kier alpha value is -2.78. The molecule has 0 aliphatic heterocycles. The number of carbonyl (C=O) groups excluding carboxylic acids is 1. The summed E-state index contributed by atoms with van der Waals surface area (Å²) in [5.41, 5.74) is 9.43. The molecule has 2 aromatic heterocycles. The molecule has 0 aliphatic rings. The van der Waals surface area contributed by atoms with Crippen molar-refractivity contribution in [3.05, 3.63) is 17.5 Å². The van der Waals surface area contributed by atoms with E-state index in [1.54, 1.807) is 10.9 Å². The van der Waals surface area contributed by atoms with Gasteiger partial charge in [0.05, 0.1) is 11.9 Å². The zero-order valence-electron chi connectivity index (χ0n) is 10.5. The lowest BCUT2D eigenvalue weighted by atomic mass is 10.3. The Morgan fingerprint density at radius 1 is 1.63 bits per heavy atom. The number of nitrogen functional groups attached to an aromatic ring is 1. The largest absolute Gasteiger partial charge is 0.367 e. The maximum atomic E-state index is 11.5. The summed E-state index contributed by atoms with van der Waals surface area (Å²) in [5.74, 6) is -0.306. The van der Waals surface area contributed by atoms with Crippen LogP contribution >= 0.6 is 0 Å². The molecular formula is C9H13N9O. The lowest BCUT2D eigenvalue weighted by Crippen LogP contribution is -2.24. The number of tetrazole rings is 1. The van der Waals surface area contributed by atoms with Crippen LogP contribution in [0.15, 0.2) is 11.3 Å². The third-order valence-electron chi connectivity index (χ3n) is 2.30. The van der Waals surface area contributed by atoms with Crippen molar-refractivity contribution in [2.24, 2.45) is 12.1 Å². The molecule has 0 bridgehead atoms. The summed E-state index contributed by atoms with van der Waals surface area (Å²) in [7, 11) is 1.81. The fourth-order valence-electron chi connectivity index (χ4n) is 1.41. The van der Waals surface area contributed by atoms with Gasteiger partial charge in [0.1, 0.15) is 6.54 Å². The number of amides is 1. The molecule has 0 radical (unpaired) electrons. The number of hydrogen-bond donors (Lipinski definition) is 2. The van der Waals surface area contributed by atoms with E-state index in [-0.39, 0.29) is 18.4 Å². The average Bonchev–Trinajstić information content (AvgIpc) is 2.86. The molecule has 19 heavy (non-hydrogen) atoms. The fraction of sp³-hybridized carbons (Fsp3) is 0.333. The van der Waals surface area contributed by atoms with E-state index >= 15 is 0 Å². The van der Waals surface area contributed by atoms with Gasteiger partial charge in [-0.25, -0.2) is 10.1 Å². The number of nitrogens with one attached hydrogen (secondary N) is 1. The molecule has 0 saturated heterocycles. The number of aromatic nitrogens is 6. The van der Waals surface area contributed by atoms with Crippen molar-refractivity contribution in [2.75, 3.05) is 5.73 Å². The van der Waals surface area contributed by atoms with Gasteiger partial charge in [-0.2, -0.15) is 10.2 Å². The zero-order chi connectivity index (χ0) is 13.8. The summed E-state index contributed by atoms with van der Waals surface area (Å²) in [6.07, 6.45) is 3.31. The molecule has 100 valence electrons. The van der Waals surface area contributed by atoms with Crippen LogP contribution in [0.1, 0.15) is 11.3 Å². The molecule has 2 rings (SSSR count). The first kappa shape index (κ1) is 12.7. The number of aryl methyl sites for hydroxylation is 2. The molecule has 0 atom stereocenters. The van der Waals surface area contributed by atoms with Gasteiger partial charge in [0.15, 0.2) is 0 Å². The van der Waals surface area contributed by atoms with E-state index in [0.29, 0.717) is 0 Å². The Morgan fingerprint density at radius 2 is 2.42 bits per heavy atom. The first-order valence-electron chi connectivity index (χ1n) is 5.40. The Bertz CT molecular complexity index is 611. The average molecular weight is 263 g/mol. The minimum atomic E-state index is -0.378. The van der Waals surface area contributed by atoms with Gasteiger partial charge in [0, 0.05) is 18.8 Å². The van der Waals surface area contributed by atoms with Crippen LogP contribution in [0.2, 0.25) is 0 Å². The normalized spacial score (nSPS) is 11.1. The molecule has 2 heterocycles. The summed E-state index contributed by atoms with van der Waals surface area (Å²) >= 11 is 0. The topological polar surface area (TPSA) is 129 Å². The summed E-state index contributed by atoms with van der Waals surface area (Å²) < 4.78 is 2.83. The van der Waals surface area contributed by atoms with Gasteiger partial charge in [-0.05, 0) is 17.4 Å². The van der Waals surface area contributed by atoms with Crippen LogP contribution in [-0.4, -0.2) is 42.1 Å². The van der Waals surface area contributed by atoms with E-state index in [1.165, 1.54) is 10.9 Å². The van der Waals surface area contributed by atoms with E-state index in [4.69, 9.17) is 5.73 Å². The van der Waals surface area contributed by atoms with E-state index in [1.807, 2.05) is 14.0 Å². The summed E-state index contributed by atoms with van der Waals surface area (Å²) in [6.45, 7) is 1.76. The van der Waals surface area contributed by atoms with Crippen molar-refractivity contribution in [2.45, 2.75) is 13.5 Å². The highest BCUT2D eigenvalue weighted by atomic mass is 16.2. The fourth-order valence-corrected chi connectivity index (χ4v) is 1.41. The highest BCUT2D eigenvalue weighted by Crippen LogP contribution is 2.00. The lowest BCUT2D eigenvalue weighted by Gasteiger charge is -1.99. The lowest BCUT2D eigenvalue weighted by molar-refractivity contribution is -0.121. The SMILES string of the molecule is Cc1nn(C)cc1C=NNC(=O)Cn1nnnc1N. The van der Waals surface area contributed by atoms with Gasteiger partial charge < -0.3 is 5.73 Å². The monoisotopic (exact) mass is 263 g/mol. The standard InChI is InChI=1S/C9H13N9O/c1-6-7(4-17(2)14-6)3-11-12-8(19)5-18-9(10)13-15-16-18/h3-4H,5H2,1-2H3,(H,12,19)(H2,10,13,16). The quantitative estimate of drug-likeness (QED) is 0.507. The summed E-state index contributed by atoms with van der Waals surface area (Å²) in [4.78, 5) is 11.5. The number of nitrogens with two attached hydrogens (primary N) is 1. The number of hydrogen-bond acceptors (Lipinski definition) is 7. The van der Waals surface area contributed by atoms with E-state index in [0.717, 1.165) is 11.3 Å². The van der Waals surface area contributed by atoms with E-state index in [9.17, 15) is 4.79 Å². The Kier molecular flexibility index (Phi) is 3.50.